The third kappa shape index (κ3) is 3.13. The summed E-state index contributed by atoms with van der Waals surface area (Å²) in [5.74, 6) is 0.904. The summed E-state index contributed by atoms with van der Waals surface area (Å²) in [7, 11) is 1.72. The second-order valence-corrected chi connectivity index (χ2v) is 5.69. The van der Waals surface area contributed by atoms with E-state index in [2.05, 4.69) is 27.6 Å². The maximum atomic E-state index is 8.36. The van der Waals surface area contributed by atoms with Gasteiger partial charge in [0.2, 0.25) is 0 Å². The van der Waals surface area contributed by atoms with Crippen LogP contribution < -0.4 is 0 Å². The third-order valence-corrected chi connectivity index (χ3v) is 4.31. The molecule has 3 aromatic rings. The van der Waals surface area contributed by atoms with Crippen molar-refractivity contribution in [3.63, 3.8) is 0 Å². The molecule has 1 saturated heterocycles. The van der Waals surface area contributed by atoms with E-state index in [1.807, 2.05) is 35.4 Å². The van der Waals surface area contributed by atoms with Gasteiger partial charge in [0.25, 0.3) is 6.47 Å². The molecule has 1 fully saturated rings. The smallest absolute Gasteiger partial charge is 0.290 e. The molecular formula is C17H20N4O4. The van der Waals surface area contributed by atoms with Crippen LogP contribution in [-0.4, -0.2) is 57.2 Å². The van der Waals surface area contributed by atoms with Gasteiger partial charge in [0.15, 0.2) is 0 Å². The van der Waals surface area contributed by atoms with E-state index in [0.717, 1.165) is 16.9 Å². The van der Waals surface area contributed by atoms with Crippen molar-refractivity contribution in [2.24, 2.45) is 0 Å². The maximum absolute atomic E-state index is 8.36. The molecule has 0 spiro atoms. The van der Waals surface area contributed by atoms with Gasteiger partial charge in [0.1, 0.15) is 11.9 Å². The summed E-state index contributed by atoms with van der Waals surface area (Å²) in [6.45, 7) is 3.09. The zero-order valence-corrected chi connectivity index (χ0v) is 14.1. The van der Waals surface area contributed by atoms with Crippen LogP contribution in [0.2, 0.25) is 0 Å². The summed E-state index contributed by atoms with van der Waals surface area (Å²) in [5, 5.41) is 11.3. The van der Waals surface area contributed by atoms with E-state index in [1.54, 1.807) is 7.11 Å². The lowest BCUT2D eigenvalue weighted by Crippen LogP contribution is -2.24. The summed E-state index contributed by atoms with van der Waals surface area (Å²) in [6, 6.07) is 4.23. The van der Waals surface area contributed by atoms with E-state index >= 15 is 0 Å². The SMILES string of the molecule is CO[C@H]1COC[C@H]1n1ccnc1-c1cnn2cccc(C)c12.O=CO. The Morgan fingerprint density at radius 3 is 2.96 bits per heavy atom. The van der Waals surface area contributed by atoms with Gasteiger partial charge in [-0.25, -0.2) is 9.50 Å². The zero-order chi connectivity index (χ0) is 17.8. The molecule has 0 aromatic carbocycles. The second-order valence-electron chi connectivity index (χ2n) is 5.69. The van der Waals surface area contributed by atoms with Crippen LogP contribution in [0.25, 0.3) is 16.9 Å². The molecule has 0 radical (unpaired) electrons. The Balaban J connectivity index is 0.000000569. The lowest BCUT2D eigenvalue weighted by molar-refractivity contribution is -0.122. The Bertz CT molecular complexity index is 857. The number of hydrogen-bond acceptors (Lipinski definition) is 5. The number of carbonyl (C=O) groups is 1. The molecule has 0 bridgehead atoms. The van der Waals surface area contributed by atoms with E-state index in [9.17, 15) is 0 Å². The van der Waals surface area contributed by atoms with Gasteiger partial charge in [0, 0.05) is 25.7 Å². The molecule has 8 nitrogen and oxygen atoms in total. The van der Waals surface area contributed by atoms with Crippen LogP contribution in [0.3, 0.4) is 0 Å². The third-order valence-electron chi connectivity index (χ3n) is 4.31. The average molecular weight is 344 g/mol. The van der Waals surface area contributed by atoms with E-state index in [4.69, 9.17) is 19.4 Å². The van der Waals surface area contributed by atoms with Crippen LogP contribution in [-0.2, 0) is 14.3 Å². The van der Waals surface area contributed by atoms with Crippen molar-refractivity contribution in [2.75, 3.05) is 20.3 Å². The molecule has 25 heavy (non-hydrogen) atoms. The van der Waals surface area contributed by atoms with Crippen molar-refractivity contribution >= 4 is 12.0 Å². The first-order valence-corrected chi connectivity index (χ1v) is 7.85. The number of carboxylic acid groups (broad SMARTS) is 1. The molecule has 0 unspecified atom stereocenters. The van der Waals surface area contributed by atoms with E-state index in [-0.39, 0.29) is 18.6 Å². The van der Waals surface area contributed by atoms with Gasteiger partial charge in [-0.2, -0.15) is 5.10 Å². The van der Waals surface area contributed by atoms with Crippen molar-refractivity contribution in [1.82, 2.24) is 19.2 Å². The number of pyridine rings is 1. The fourth-order valence-electron chi connectivity index (χ4n) is 3.18. The summed E-state index contributed by atoms with van der Waals surface area (Å²) < 4.78 is 15.1. The molecule has 8 heteroatoms. The van der Waals surface area contributed by atoms with E-state index in [0.29, 0.717) is 13.2 Å². The number of ether oxygens (including phenoxy) is 2. The molecule has 4 heterocycles. The summed E-state index contributed by atoms with van der Waals surface area (Å²) in [5.41, 5.74) is 3.29. The molecule has 0 aliphatic carbocycles. The molecule has 2 atom stereocenters. The molecule has 0 saturated carbocycles. The Morgan fingerprint density at radius 2 is 2.20 bits per heavy atom. The van der Waals surface area contributed by atoms with Crippen molar-refractivity contribution in [1.29, 1.82) is 0 Å². The normalized spacial score (nSPS) is 19.6. The predicted molar refractivity (Wildman–Crippen MR) is 90.5 cm³/mol. The first kappa shape index (κ1) is 17.1. The lowest BCUT2D eigenvalue weighted by atomic mass is 10.1. The molecule has 132 valence electrons. The van der Waals surface area contributed by atoms with Gasteiger partial charge in [-0.05, 0) is 18.6 Å². The first-order valence-electron chi connectivity index (χ1n) is 7.85. The molecule has 0 amide bonds. The topological polar surface area (TPSA) is 90.9 Å². The largest absolute Gasteiger partial charge is 0.483 e. The number of fused-ring (bicyclic) bond motifs is 1. The van der Waals surface area contributed by atoms with Crippen LogP contribution in [0.5, 0.6) is 0 Å². The Labute approximate surface area is 144 Å². The lowest BCUT2D eigenvalue weighted by Gasteiger charge is -2.19. The minimum absolute atomic E-state index is 0.0517. The molecular weight excluding hydrogens is 324 g/mol. The summed E-state index contributed by atoms with van der Waals surface area (Å²) in [4.78, 5) is 12.9. The molecule has 1 N–H and O–H groups in total. The fourth-order valence-corrected chi connectivity index (χ4v) is 3.18. The van der Waals surface area contributed by atoms with Gasteiger partial charge in [-0.3, -0.25) is 4.79 Å². The highest BCUT2D eigenvalue weighted by atomic mass is 16.5. The second kappa shape index (κ2) is 7.45. The standard InChI is InChI=1S/C16H18N4O2.CH2O2/c1-11-4-3-6-20-15(11)12(8-18-20)16-17-5-7-19(16)13-9-22-10-14(13)21-2;2-1-3/h3-8,13-14H,9-10H2,1-2H3;1H,(H,2,3)/t13-,14+;/m1./s1. The Morgan fingerprint density at radius 1 is 1.40 bits per heavy atom. The van der Waals surface area contributed by atoms with Gasteiger partial charge >= 0.3 is 0 Å². The van der Waals surface area contributed by atoms with E-state index < -0.39 is 0 Å². The van der Waals surface area contributed by atoms with Crippen molar-refractivity contribution in [3.05, 3.63) is 42.5 Å². The van der Waals surface area contributed by atoms with Gasteiger partial charge in [-0.15, -0.1) is 0 Å². The monoisotopic (exact) mass is 344 g/mol. The first-order chi connectivity index (χ1) is 12.2. The van der Waals surface area contributed by atoms with Gasteiger partial charge in [-0.1, -0.05) is 6.07 Å². The highest BCUT2D eigenvalue weighted by Crippen LogP contribution is 2.31. The van der Waals surface area contributed by atoms with Crippen molar-refractivity contribution in [2.45, 2.75) is 19.1 Å². The number of aromatic nitrogens is 4. The number of methoxy groups -OCH3 is 1. The van der Waals surface area contributed by atoms with Gasteiger partial charge in [0.05, 0.1) is 36.5 Å². The number of rotatable bonds is 3. The van der Waals surface area contributed by atoms with Crippen LogP contribution in [0.4, 0.5) is 0 Å². The molecule has 3 aromatic heterocycles. The molecule has 1 aliphatic heterocycles. The van der Waals surface area contributed by atoms with Crippen molar-refractivity contribution < 1.29 is 19.4 Å². The zero-order valence-electron chi connectivity index (χ0n) is 14.1. The number of aryl methyl sites for hydroxylation is 1. The highest BCUT2D eigenvalue weighted by Gasteiger charge is 2.31. The predicted octanol–water partition coefficient (Wildman–Crippen LogP) is 1.79. The number of imidazole rings is 1. The molecule has 4 rings (SSSR count). The highest BCUT2D eigenvalue weighted by molar-refractivity contribution is 5.78. The maximum Gasteiger partial charge on any atom is 0.290 e. The Kier molecular flexibility index (Phi) is 5.11. The quantitative estimate of drug-likeness (QED) is 0.729. The van der Waals surface area contributed by atoms with Gasteiger partial charge < -0.3 is 19.1 Å². The average Bonchev–Trinajstić information content (AvgIpc) is 3.33. The van der Waals surface area contributed by atoms with E-state index in [1.165, 1.54) is 5.56 Å². The van der Waals surface area contributed by atoms with Crippen LogP contribution >= 0.6 is 0 Å². The fraction of sp³-hybridized carbons (Fsp3) is 0.353. The van der Waals surface area contributed by atoms with Crippen LogP contribution in [0, 0.1) is 6.92 Å². The Hall–Kier alpha value is -2.71. The van der Waals surface area contributed by atoms with Crippen LogP contribution in [0.1, 0.15) is 11.6 Å². The summed E-state index contributed by atoms with van der Waals surface area (Å²) in [6.07, 6.45) is 7.69. The minimum atomic E-state index is -0.250. The van der Waals surface area contributed by atoms with Crippen LogP contribution in [0.15, 0.2) is 36.9 Å². The van der Waals surface area contributed by atoms with Crippen molar-refractivity contribution in [3.8, 4) is 11.4 Å². The summed E-state index contributed by atoms with van der Waals surface area (Å²) >= 11 is 0. The number of nitrogens with zero attached hydrogens (tertiary/aromatic N) is 4. The molecule has 1 aliphatic rings. The minimum Gasteiger partial charge on any atom is -0.483 e. The number of hydrogen-bond donors (Lipinski definition) is 1.